The zero-order valence-electron chi connectivity index (χ0n) is 10.2. The summed E-state index contributed by atoms with van der Waals surface area (Å²) in [4.78, 5) is 9.00. The molecule has 0 fully saturated rings. The number of nitrogens with one attached hydrogen (secondary N) is 1. The first-order valence-corrected chi connectivity index (χ1v) is 6.97. The number of hydrogen-bond donors (Lipinski definition) is 2. The first-order valence-electron chi connectivity index (χ1n) is 5.48. The number of hydrogen-bond acceptors (Lipinski definition) is 5. The van der Waals surface area contributed by atoms with Crippen LogP contribution in [-0.4, -0.2) is 25.9 Å². The van der Waals surface area contributed by atoms with Gasteiger partial charge in [-0.1, -0.05) is 13.0 Å². The minimum absolute atomic E-state index is 0.0405. The predicted molar refractivity (Wildman–Crippen MR) is 66.5 cm³/mol. The second kappa shape index (κ2) is 6.04. The highest BCUT2D eigenvalue weighted by Crippen LogP contribution is 2.26. The van der Waals surface area contributed by atoms with Crippen molar-refractivity contribution in [3.05, 3.63) is 34.1 Å². The van der Waals surface area contributed by atoms with Gasteiger partial charge in [-0.05, 0) is 18.6 Å². The van der Waals surface area contributed by atoms with Crippen molar-refractivity contribution in [1.82, 2.24) is 4.72 Å². The van der Waals surface area contributed by atoms with Crippen LogP contribution in [0.3, 0.4) is 0 Å². The molecule has 0 saturated carbocycles. The van der Waals surface area contributed by atoms with Crippen LogP contribution in [0.25, 0.3) is 0 Å². The van der Waals surface area contributed by atoms with Gasteiger partial charge in [-0.25, -0.2) is 13.1 Å². The maximum absolute atomic E-state index is 13.4. The molecule has 1 unspecified atom stereocenters. The Morgan fingerprint density at radius 1 is 1.53 bits per heavy atom. The van der Waals surface area contributed by atoms with Crippen molar-refractivity contribution in [2.75, 3.05) is 6.54 Å². The van der Waals surface area contributed by atoms with Gasteiger partial charge in [-0.15, -0.1) is 0 Å². The number of rotatable bonds is 6. The van der Waals surface area contributed by atoms with Crippen LogP contribution in [-0.2, 0) is 10.0 Å². The lowest BCUT2D eigenvalue weighted by Gasteiger charge is -2.14. The van der Waals surface area contributed by atoms with Crippen LogP contribution in [0.5, 0.6) is 0 Å². The van der Waals surface area contributed by atoms with Crippen LogP contribution >= 0.6 is 0 Å². The zero-order chi connectivity index (χ0) is 14.6. The number of para-hydroxylation sites is 1. The van der Waals surface area contributed by atoms with Crippen LogP contribution in [0.4, 0.5) is 10.1 Å². The lowest BCUT2D eigenvalue weighted by Crippen LogP contribution is -2.39. The van der Waals surface area contributed by atoms with E-state index < -0.39 is 37.4 Å². The summed E-state index contributed by atoms with van der Waals surface area (Å²) in [6, 6.07) is 2.35. The van der Waals surface area contributed by atoms with Gasteiger partial charge in [0.05, 0.1) is 4.92 Å². The number of benzene rings is 1. The Labute approximate surface area is 109 Å². The Bertz CT molecular complexity index is 572. The Kier molecular flexibility index (Phi) is 4.92. The summed E-state index contributed by atoms with van der Waals surface area (Å²) in [5, 5.41) is 10.8. The maximum Gasteiger partial charge on any atom is 0.324 e. The molecule has 3 N–H and O–H groups in total. The monoisotopic (exact) mass is 291 g/mol. The third kappa shape index (κ3) is 3.46. The molecule has 0 heterocycles. The van der Waals surface area contributed by atoms with Gasteiger partial charge in [0.15, 0.2) is 4.90 Å². The fourth-order valence-electron chi connectivity index (χ4n) is 1.47. The van der Waals surface area contributed by atoms with E-state index in [1.54, 1.807) is 6.92 Å². The highest BCUT2D eigenvalue weighted by molar-refractivity contribution is 7.89. The average molecular weight is 291 g/mol. The number of nitrogens with zero attached hydrogens (tertiary/aromatic N) is 1. The predicted octanol–water partition coefficient (Wildman–Crippen LogP) is 0.750. The molecule has 0 spiro atoms. The van der Waals surface area contributed by atoms with Crippen LogP contribution in [0.15, 0.2) is 23.1 Å². The average Bonchev–Trinajstić information content (AvgIpc) is 2.35. The number of nitrogens with two attached hydrogens (primary N) is 1. The summed E-state index contributed by atoms with van der Waals surface area (Å²) >= 11 is 0. The largest absolute Gasteiger partial charge is 0.329 e. The first-order chi connectivity index (χ1) is 8.83. The molecule has 106 valence electrons. The van der Waals surface area contributed by atoms with E-state index in [0.717, 1.165) is 18.2 Å². The van der Waals surface area contributed by atoms with Crippen molar-refractivity contribution in [2.45, 2.75) is 24.3 Å². The summed E-state index contributed by atoms with van der Waals surface area (Å²) in [5.74, 6) is -1.20. The molecule has 7 nitrogen and oxygen atoms in total. The van der Waals surface area contributed by atoms with E-state index >= 15 is 0 Å². The number of nitro benzene ring substituents is 1. The van der Waals surface area contributed by atoms with Gasteiger partial charge in [0.1, 0.15) is 0 Å². The van der Waals surface area contributed by atoms with Gasteiger partial charge in [0, 0.05) is 12.6 Å². The molecule has 1 rings (SSSR count). The molecule has 0 bridgehead atoms. The third-order valence-corrected chi connectivity index (χ3v) is 4.07. The molecule has 0 aliphatic heterocycles. The van der Waals surface area contributed by atoms with Gasteiger partial charge in [-0.3, -0.25) is 10.1 Å². The molecule has 0 aliphatic carbocycles. The van der Waals surface area contributed by atoms with Gasteiger partial charge < -0.3 is 5.73 Å². The van der Waals surface area contributed by atoms with E-state index in [1.165, 1.54) is 0 Å². The summed E-state index contributed by atoms with van der Waals surface area (Å²) < 4.78 is 39.6. The number of sulfonamides is 1. The zero-order valence-corrected chi connectivity index (χ0v) is 11.0. The van der Waals surface area contributed by atoms with E-state index in [2.05, 4.69) is 4.72 Å². The van der Waals surface area contributed by atoms with Crippen molar-refractivity contribution < 1.29 is 17.7 Å². The van der Waals surface area contributed by atoms with Crippen LogP contribution in [0, 0.1) is 15.9 Å². The summed E-state index contributed by atoms with van der Waals surface area (Å²) in [6.45, 7) is 1.75. The second-order valence-electron chi connectivity index (χ2n) is 3.81. The molecule has 1 aromatic carbocycles. The quantitative estimate of drug-likeness (QED) is 0.592. The van der Waals surface area contributed by atoms with E-state index in [4.69, 9.17) is 5.73 Å². The lowest BCUT2D eigenvalue weighted by molar-refractivity contribution is -0.390. The van der Waals surface area contributed by atoms with Crippen molar-refractivity contribution >= 4 is 15.7 Å². The molecule has 0 radical (unpaired) electrons. The highest BCUT2D eigenvalue weighted by atomic mass is 32.2. The maximum atomic E-state index is 13.4. The topological polar surface area (TPSA) is 115 Å². The normalized spacial score (nSPS) is 13.2. The third-order valence-electron chi connectivity index (χ3n) is 2.52. The Balaban J connectivity index is 3.29. The molecular formula is C10H14FN3O4S. The molecule has 19 heavy (non-hydrogen) atoms. The van der Waals surface area contributed by atoms with Crippen LogP contribution in [0.1, 0.15) is 13.3 Å². The Hall–Kier alpha value is -1.58. The van der Waals surface area contributed by atoms with E-state index in [0.29, 0.717) is 6.42 Å². The van der Waals surface area contributed by atoms with Crippen molar-refractivity contribution in [2.24, 2.45) is 5.73 Å². The van der Waals surface area contributed by atoms with Gasteiger partial charge >= 0.3 is 5.69 Å². The Morgan fingerprint density at radius 2 is 2.16 bits per heavy atom. The minimum Gasteiger partial charge on any atom is -0.329 e. The fourth-order valence-corrected chi connectivity index (χ4v) is 2.98. The van der Waals surface area contributed by atoms with Gasteiger partial charge in [0.2, 0.25) is 15.8 Å². The number of nitro groups is 1. The minimum atomic E-state index is -4.19. The molecule has 0 amide bonds. The van der Waals surface area contributed by atoms with E-state index in [9.17, 15) is 22.9 Å². The molecule has 9 heteroatoms. The van der Waals surface area contributed by atoms with Crippen molar-refractivity contribution in [1.29, 1.82) is 0 Å². The fraction of sp³-hybridized carbons (Fsp3) is 0.400. The molecule has 0 aliphatic rings. The smallest absolute Gasteiger partial charge is 0.324 e. The summed E-state index contributed by atoms with van der Waals surface area (Å²) in [7, 11) is -4.19. The summed E-state index contributed by atoms with van der Waals surface area (Å²) in [6.07, 6.45) is 0.416. The SMILES string of the molecule is CCC(CN)NS(=O)(=O)c1cccc(F)c1[N+](=O)[O-]. The first kappa shape index (κ1) is 15.5. The molecule has 0 aromatic heterocycles. The lowest BCUT2D eigenvalue weighted by atomic mass is 10.2. The molecule has 1 aromatic rings. The second-order valence-corrected chi connectivity index (χ2v) is 5.49. The Morgan fingerprint density at radius 3 is 2.63 bits per heavy atom. The van der Waals surface area contributed by atoms with Crippen molar-refractivity contribution in [3.63, 3.8) is 0 Å². The molecule has 0 saturated heterocycles. The van der Waals surface area contributed by atoms with Crippen molar-refractivity contribution in [3.8, 4) is 0 Å². The molecule has 1 atom stereocenters. The highest BCUT2D eigenvalue weighted by Gasteiger charge is 2.30. The summed E-state index contributed by atoms with van der Waals surface area (Å²) in [5.41, 5.74) is 4.29. The van der Waals surface area contributed by atoms with E-state index in [-0.39, 0.29) is 6.54 Å². The van der Waals surface area contributed by atoms with E-state index in [1.807, 2.05) is 0 Å². The van der Waals surface area contributed by atoms with Crippen LogP contribution in [0.2, 0.25) is 0 Å². The number of halogens is 1. The molecular weight excluding hydrogens is 277 g/mol. The van der Waals surface area contributed by atoms with Crippen LogP contribution < -0.4 is 10.5 Å². The van der Waals surface area contributed by atoms with Gasteiger partial charge in [0.25, 0.3) is 0 Å². The standard InChI is InChI=1S/C10H14FN3O4S/c1-2-7(6-12)13-19(17,18)9-5-3-4-8(11)10(9)14(15)16/h3-5,7,13H,2,6,12H2,1H3. The van der Waals surface area contributed by atoms with Gasteiger partial charge in [-0.2, -0.15) is 4.39 Å².